The van der Waals surface area contributed by atoms with Crippen LogP contribution in [0, 0.1) is 36.5 Å². The molecule has 9 amide bonds. The quantitative estimate of drug-likeness (QED) is 0.0124. The van der Waals surface area contributed by atoms with Gasteiger partial charge in [-0.2, -0.15) is 0 Å². The summed E-state index contributed by atoms with van der Waals surface area (Å²) < 4.78 is 7.48. The number of rotatable bonds is 29. The standard InChI is InChI=1S/C69H91N11O11/c1-16-46-23-18-19-24-47(46)38-80(53-26-20-17-22-43(53)6)57(82)34-33-56(81)76-58(42(4)5)62(84)75-52(25-21-35-72-66(70)89)61(83)73-48-29-27-45(28-30-48)40-91-67(90)74-49-31-32-50-51(39-78(14)55(50)37-49)69(11,12)59(71-13)63(85)77-60(68(8,9)10)64(86)79(15)54(41(2)3)36-44(7)65(87)88/h1,17-20,22-24,26-32,36-37,39,41-42,52,54,58-60,71H,21,25,33-35,38,40H2,2-15H3,(H,73,83)(H,74,90)(H,75,84)(H,76,81)(H,77,85)(H,87,88)(H3,70,72,89)/b44-36+/t52-,54+,58-,59?,60+/m0/s1. The van der Waals surface area contributed by atoms with E-state index in [4.69, 9.17) is 16.9 Å². The van der Waals surface area contributed by atoms with Crippen molar-refractivity contribution < 1.29 is 53.0 Å². The van der Waals surface area contributed by atoms with Gasteiger partial charge in [0.15, 0.2) is 0 Å². The number of nitrogens with zero attached hydrogens (tertiary/aromatic N) is 3. The molecular weight excluding hydrogens is 1160 g/mol. The zero-order chi connectivity index (χ0) is 67.7. The summed E-state index contributed by atoms with van der Waals surface area (Å²) in [5.74, 6) is -1.84. The second kappa shape index (κ2) is 32.3. The monoisotopic (exact) mass is 1250 g/mol. The molecule has 0 aliphatic rings. The van der Waals surface area contributed by atoms with Gasteiger partial charge in [0.05, 0.1) is 24.1 Å². The number of aryl methyl sites for hydroxylation is 2. The molecule has 0 spiro atoms. The molecule has 0 saturated heterocycles. The van der Waals surface area contributed by atoms with Gasteiger partial charge in [0, 0.05) is 78.7 Å². The molecule has 5 aromatic rings. The van der Waals surface area contributed by atoms with Crippen LogP contribution in [0.15, 0.2) is 109 Å². The molecule has 0 saturated carbocycles. The fourth-order valence-electron chi connectivity index (χ4n) is 10.8. The minimum Gasteiger partial charge on any atom is -0.478 e. The number of nitrogens with two attached hydrogens (primary N) is 1. The zero-order valence-electron chi connectivity index (χ0n) is 54.8. The number of ether oxygens (including phenoxy) is 1. The Hall–Kier alpha value is -9.49. The third kappa shape index (κ3) is 19.8. The van der Waals surface area contributed by atoms with E-state index in [9.17, 15) is 48.3 Å². The van der Waals surface area contributed by atoms with Crippen LogP contribution in [0.3, 0.4) is 0 Å². The van der Waals surface area contributed by atoms with E-state index in [0.29, 0.717) is 28.2 Å². The maximum absolute atomic E-state index is 14.4. The Morgan fingerprint density at radius 2 is 1.44 bits per heavy atom. The van der Waals surface area contributed by atoms with Gasteiger partial charge in [-0.05, 0) is 110 Å². The van der Waals surface area contributed by atoms with E-state index < -0.39 is 88.7 Å². The van der Waals surface area contributed by atoms with Gasteiger partial charge in [0.25, 0.3) is 0 Å². The van der Waals surface area contributed by atoms with Crippen molar-refractivity contribution in [2.24, 2.45) is 30.0 Å². The molecule has 0 bridgehead atoms. The lowest BCUT2D eigenvalue weighted by Crippen LogP contribution is -2.61. The molecule has 1 unspecified atom stereocenters. The van der Waals surface area contributed by atoms with E-state index in [0.717, 1.165) is 27.6 Å². The second-order valence-electron chi connectivity index (χ2n) is 25.2. The number of aromatic nitrogens is 1. The number of aliphatic carboxylic acids is 1. The van der Waals surface area contributed by atoms with Crippen LogP contribution < -0.4 is 47.9 Å². The van der Waals surface area contributed by atoms with Gasteiger partial charge in [-0.25, -0.2) is 14.4 Å². The van der Waals surface area contributed by atoms with Gasteiger partial charge in [-0.1, -0.05) is 129 Å². The molecule has 1 heterocycles. The molecule has 22 heteroatoms. The van der Waals surface area contributed by atoms with Crippen LogP contribution in [-0.4, -0.2) is 119 Å². The molecule has 5 atom stereocenters. The minimum absolute atomic E-state index is 0.0786. The lowest BCUT2D eigenvalue weighted by Gasteiger charge is -2.39. The fraction of sp³-hybridized carbons (Fsp3) is 0.435. The highest BCUT2D eigenvalue weighted by Gasteiger charge is 2.43. The third-order valence-electron chi connectivity index (χ3n) is 16.1. The maximum Gasteiger partial charge on any atom is 0.411 e. The van der Waals surface area contributed by atoms with Gasteiger partial charge < -0.3 is 61.8 Å². The number of carbonyl (C=O) groups is 9. The number of fused-ring (bicyclic) bond motifs is 1. The average molecular weight is 1250 g/mol. The largest absolute Gasteiger partial charge is 0.478 e. The van der Waals surface area contributed by atoms with Crippen LogP contribution in [0.1, 0.15) is 123 Å². The molecule has 91 heavy (non-hydrogen) atoms. The van der Waals surface area contributed by atoms with E-state index in [2.05, 4.69) is 43.1 Å². The minimum atomic E-state index is -1.13. The van der Waals surface area contributed by atoms with Crippen molar-refractivity contribution in [1.82, 2.24) is 36.1 Å². The highest BCUT2D eigenvalue weighted by Crippen LogP contribution is 2.36. The van der Waals surface area contributed by atoms with E-state index >= 15 is 0 Å². The van der Waals surface area contributed by atoms with E-state index in [1.165, 1.54) is 11.8 Å². The van der Waals surface area contributed by atoms with Crippen molar-refractivity contribution in [2.75, 3.05) is 36.2 Å². The molecule has 0 fully saturated rings. The number of primary amides is 1. The number of carboxylic acid groups (broad SMARTS) is 1. The first-order chi connectivity index (χ1) is 42.8. The number of benzene rings is 4. The summed E-state index contributed by atoms with van der Waals surface area (Å²) in [5.41, 5.74) is 9.67. The van der Waals surface area contributed by atoms with Gasteiger partial charge >= 0.3 is 18.1 Å². The topological polar surface area (TPSA) is 305 Å². The molecule has 488 valence electrons. The van der Waals surface area contributed by atoms with Crippen molar-refractivity contribution in [2.45, 2.75) is 151 Å². The number of likely N-dealkylation sites (N-methyl/N-ethyl adjacent to an activating group) is 2. The molecule has 10 N–H and O–H groups in total. The summed E-state index contributed by atoms with van der Waals surface area (Å²) in [6.07, 6.45) is 8.44. The summed E-state index contributed by atoms with van der Waals surface area (Å²) >= 11 is 0. The van der Waals surface area contributed by atoms with E-state index in [1.54, 1.807) is 81.4 Å². The number of carbonyl (C=O) groups excluding carboxylic acids is 8. The van der Waals surface area contributed by atoms with Crippen molar-refractivity contribution in [3.8, 4) is 12.3 Å². The Labute approximate surface area is 534 Å². The van der Waals surface area contributed by atoms with Crippen LogP contribution >= 0.6 is 0 Å². The number of urea groups is 1. The maximum atomic E-state index is 14.4. The third-order valence-corrected chi connectivity index (χ3v) is 16.1. The predicted octanol–water partition coefficient (Wildman–Crippen LogP) is 8.15. The van der Waals surface area contributed by atoms with E-state index in [1.807, 2.05) is 122 Å². The summed E-state index contributed by atoms with van der Waals surface area (Å²) in [4.78, 5) is 124. The summed E-state index contributed by atoms with van der Waals surface area (Å²) in [5, 5.41) is 30.2. The molecule has 5 rings (SSSR count). The van der Waals surface area contributed by atoms with Crippen molar-refractivity contribution in [3.63, 3.8) is 0 Å². The van der Waals surface area contributed by atoms with Gasteiger partial charge in [0.2, 0.25) is 35.4 Å². The number of terminal acetylenes is 1. The van der Waals surface area contributed by atoms with Gasteiger partial charge in [-0.15, -0.1) is 6.42 Å². The van der Waals surface area contributed by atoms with Crippen molar-refractivity contribution in [3.05, 3.63) is 137 Å². The van der Waals surface area contributed by atoms with Crippen LogP contribution in [0.4, 0.5) is 26.7 Å². The zero-order valence-corrected chi connectivity index (χ0v) is 54.8. The number of amides is 9. The Balaban J connectivity index is 1.21. The summed E-state index contributed by atoms with van der Waals surface area (Å²) in [6, 6.07) is 21.3. The Morgan fingerprint density at radius 1 is 0.791 bits per heavy atom. The Morgan fingerprint density at radius 3 is 2.04 bits per heavy atom. The average Bonchev–Trinajstić information content (AvgIpc) is 1.67. The number of anilines is 3. The smallest absolute Gasteiger partial charge is 0.411 e. The van der Waals surface area contributed by atoms with Gasteiger partial charge in [-0.3, -0.25) is 34.1 Å². The number of hydrogen-bond donors (Lipinski definition) is 9. The number of para-hydroxylation sites is 1. The molecular formula is C69H91N11O11. The lowest BCUT2D eigenvalue weighted by atomic mass is 9.76. The summed E-state index contributed by atoms with van der Waals surface area (Å²) in [7, 11) is 5.15. The second-order valence-corrected chi connectivity index (χ2v) is 25.2. The van der Waals surface area contributed by atoms with Crippen molar-refractivity contribution >= 4 is 81.5 Å². The molecule has 0 radical (unpaired) electrons. The van der Waals surface area contributed by atoms with Crippen molar-refractivity contribution in [1.29, 1.82) is 0 Å². The predicted molar refractivity (Wildman–Crippen MR) is 353 cm³/mol. The van der Waals surface area contributed by atoms with Crippen LogP contribution in [0.2, 0.25) is 0 Å². The summed E-state index contributed by atoms with van der Waals surface area (Å²) in [6.45, 7) is 20.2. The SMILES string of the molecule is C#Cc1ccccc1CN(C(=O)CCC(=O)N[C@H](C(=O)N[C@@H](CCCNC(N)=O)C(=O)Nc1ccc(COC(=O)Nc2ccc3c(C(C)(C)C(NC)C(=O)N[C@H](C(=O)N(C)[C@H](/C=C(\C)C(=O)O)C(C)C)C(C)(C)C)cn(C)c3c2)cc1)C(C)C)c1ccccc1C. The first-order valence-corrected chi connectivity index (χ1v) is 30.4. The molecule has 0 aliphatic heterocycles. The molecule has 1 aromatic heterocycles. The molecule has 0 aliphatic carbocycles. The Kier molecular flexibility index (Phi) is 25.7. The van der Waals surface area contributed by atoms with Gasteiger partial charge in [0.1, 0.15) is 24.7 Å². The number of nitrogens with one attached hydrogen (secondary N) is 7. The first kappa shape index (κ1) is 72.3. The fourth-order valence-corrected chi connectivity index (χ4v) is 10.8. The molecule has 4 aromatic carbocycles. The van der Waals surface area contributed by atoms with Crippen LogP contribution in [-0.2, 0) is 63.9 Å². The van der Waals surface area contributed by atoms with Crippen LogP contribution in [0.5, 0.6) is 0 Å². The normalized spacial score (nSPS) is 13.4. The Bertz CT molecular complexity index is 3520. The number of hydrogen-bond acceptors (Lipinski definition) is 11. The number of carboxylic acids is 1. The lowest BCUT2D eigenvalue weighted by molar-refractivity contribution is -0.141. The van der Waals surface area contributed by atoms with E-state index in [-0.39, 0.29) is 68.7 Å². The molecule has 22 nitrogen and oxygen atoms in total. The highest BCUT2D eigenvalue weighted by molar-refractivity contribution is 6.00. The first-order valence-electron chi connectivity index (χ1n) is 30.4. The highest BCUT2D eigenvalue weighted by atomic mass is 16.5. The van der Waals surface area contributed by atoms with Crippen LogP contribution in [0.25, 0.3) is 10.9 Å².